The average Bonchev–Trinajstić information content (AvgIpc) is 3.50. The van der Waals surface area contributed by atoms with Gasteiger partial charge in [0.2, 0.25) is 11.7 Å². The van der Waals surface area contributed by atoms with Gasteiger partial charge in [0.05, 0.1) is 12.2 Å². The van der Waals surface area contributed by atoms with E-state index in [2.05, 4.69) is 10.3 Å². The molecule has 1 aromatic carbocycles. The number of fused-ring (bicyclic) bond motifs is 1. The lowest BCUT2D eigenvalue weighted by Gasteiger charge is -2.31. The standard InChI is InChI=1S/C27H26F6N4O5/c1-26(2,3)42-25(40)34-15(8-14-9-18(29)19(30)11-17(14)28)10-22(39)36-6-7-37-20(12-36)23(35-24(37)27(31,32)33)21-5-4-16(13-38)41-21/h4-5,9,11,13,15H,6-8,10,12H2,1-3H3,(H,34,40). The third-order valence-corrected chi connectivity index (χ3v) is 6.29. The van der Waals surface area contributed by atoms with Gasteiger partial charge in [0.25, 0.3) is 0 Å². The molecule has 1 unspecified atom stereocenters. The molecule has 42 heavy (non-hydrogen) atoms. The number of ether oxygens (including phenoxy) is 1. The number of carbonyl (C=O) groups excluding carboxylic acids is 3. The second kappa shape index (κ2) is 11.5. The number of hydrogen-bond donors (Lipinski definition) is 1. The number of benzene rings is 1. The molecule has 0 saturated carbocycles. The van der Waals surface area contributed by atoms with Gasteiger partial charge in [-0.1, -0.05) is 0 Å². The zero-order valence-corrected chi connectivity index (χ0v) is 22.7. The molecule has 1 aliphatic heterocycles. The van der Waals surface area contributed by atoms with E-state index in [4.69, 9.17) is 9.15 Å². The first-order valence-corrected chi connectivity index (χ1v) is 12.7. The SMILES string of the molecule is CC(C)(C)OC(=O)NC(CC(=O)N1CCn2c(C(F)(F)F)nc(-c3ccc(C=O)o3)c2C1)Cc1cc(F)c(F)cc1F. The number of amides is 2. The molecule has 0 fully saturated rings. The number of rotatable bonds is 7. The number of halogens is 6. The minimum absolute atomic E-state index is 0.00275. The number of aldehydes is 1. The Morgan fingerprint density at radius 2 is 1.79 bits per heavy atom. The molecule has 226 valence electrons. The first-order valence-electron chi connectivity index (χ1n) is 12.7. The van der Waals surface area contributed by atoms with E-state index in [1.54, 1.807) is 20.8 Å². The molecular weight excluding hydrogens is 574 g/mol. The second-order valence-electron chi connectivity index (χ2n) is 10.6. The molecule has 0 spiro atoms. The van der Waals surface area contributed by atoms with Crippen molar-refractivity contribution in [2.45, 2.75) is 64.5 Å². The second-order valence-corrected chi connectivity index (χ2v) is 10.6. The molecule has 4 rings (SSSR count). The lowest BCUT2D eigenvalue weighted by molar-refractivity contribution is -0.148. The van der Waals surface area contributed by atoms with Crippen LogP contribution in [0.2, 0.25) is 0 Å². The van der Waals surface area contributed by atoms with E-state index >= 15 is 0 Å². The Kier molecular flexibility index (Phi) is 8.41. The molecule has 15 heteroatoms. The van der Waals surface area contributed by atoms with Crippen LogP contribution in [0.5, 0.6) is 0 Å². The highest BCUT2D eigenvalue weighted by Crippen LogP contribution is 2.36. The first-order chi connectivity index (χ1) is 19.6. The largest absolute Gasteiger partial charge is 0.452 e. The Labute approximate surface area is 235 Å². The average molecular weight is 601 g/mol. The zero-order chi connectivity index (χ0) is 31.0. The van der Waals surface area contributed by atoms with Crippen molar-refractivity contribution in [1.29, 1.82) is 0 Å². The molecule has 2 aromatic heterocycles. The van der Waals surface area contributed by atoms with E-state index < -0.39 is 65.9 Å². The van der Waals surface area contributed by atoms with Gasteiger partial charge >= 0.3 is 12.3 Å². The van der Waals surface area contributed by atoms with E-state index in [1.807, 2.05) is 0 Å². The van der Waals surface area contributed by atoms with Crippen LogP contribution in [-0.2, 0) is 35.2 Å². The van der Waals surface area contributed by atoms with Crippen molar-refractivity contribution in [3.63, 3.8) is 0 Å². The molecule has 1 aliphatic rings. The Bertz CT molecular complexity index is 1510. The topological polar surface area (TPSA) is 107 Å². The summed E-state index contributed by atoms with van der Waals surface area (Å²) >= 11 is 0. The number of alkyl halides is 3. The highest BCUT2D eigenvalue weighted by Gasteiger charge is 2.41. The van der Waals surface area contributed by atoms with Gasteiger partial charge in [-0.3, -0.25) is 9.59 Å². The summed E-state index contributed by atoms with van der Waals surface area (Å²) in [5.74, 6) is -5.94. The smallest absolute Gasteiger partial charge is 0.449 e. The third-order valence-electron chi connectivity index (χ3n) is 6.29. The fourth-order valence-corrected chi connectivity index (χ4v) is 4.51. The molecule has 1 N–H and O–H groups in total. The summed E-state index contributed by atoms with van der Waals surface area (Å²) < 4.78 is 94.4. The van der Waals surface area contributed by atoms with Crippen molar-refractivity contribution in [1.82, 2.24) is 19.8 Å². The third kappa shape index (κ3) is 6.94. The highest BCUT2D eigenvalue weighted by atomic mass is 19.4. The van der Waals surface area contributed by atoms with Gasteiger partial charge in [-0.05, 0) is 51.0 Å². The minimum atomic E-state index is -4.82. The monoisotopic (exact) mass is 600 g/mol. The van der Waals surface area contributed by atoms with Gasteiger partial charge in [-0.15, -0.1) is 0 Å². The maximum atomic E-state index is 14.4. The molecule has 1 atom stereocenters. The van der Waals surface area contributed by atoms with Gasteiger partial charge in [0.1, 0.15) is 17.1 Å². The predicted octanol–water partition coefficient (Wildman–Crippen LogP) is 5.26. The van der Waals surface area contributed by atoms with E-state index in [9.17, 15) is 40.7 Å². The number of aromatic nitrogens is 2. The van der Waals surface area contributed by atoms with Crippen molar-refractivity contribution in [2.24, 2.45) is 0 Å². The van der Waals surface area contributed by atoms with Crippen molar-refractivity contribution in [2.75, 3.05) is 6.54 Å². The van der Waals surface area contributed by atoms with Crippen LogP contribution >= 0.6 is 0 Å². The normalized spacial score (nSPS) is 14.4. The van der Waals surface area contributed by atoms with Crippen LogP contribution in [0.25, 0.3) is 11.5 Å². The molecule has 0 saturated heterocycles. The minimum Gasteiger partial charge on any atom is -0.452 e. The summed E-state index contributed by atoms with van der Waals surface area (Å²) in [5.41, 5.74) is -1.46. The number of furan rings is 1. The van der Waals surface area contributed by atoms with Crippen molar-refractivity contribution < 1.29 is 49.9 Å². The van der Waals surface area contributed by atoms with Gasteiger partial charge in [0, 0.05) is 31.6 Å². The van der Waals surface area contributed by atoms with Crippen molar-refractivity contribution in [3.8, 4) is 11.5 Å². The molecular formula is C27H26F6N4O5. The summed E-state index contributed by atoms with van der Waals surface area (Å²) in [6, 6.07) is 2.33. The molecule has 0 bridgehead atoms. The Morgan fingerprint density at radius 1 is 1.10 bits per heavy atom. The fraction of sp³-hybridized carbons (Fsp3) is 0.407. The number of nitrogens with zero attached hydrogens (tertiary/aromatic N) is 3. The molecule has 9 nitrogen and oxygen atoms in total. The summed E-state index contributed by atoms with van der Waals surface area (Å²) in [7, 11) is 0. The maximum Gasteiger partial charge on any atom is 0.449 e. The summed E-state index contributed by atoms with van der Waals surface area (Å²) in [5, 5.41) is 2.44. The summed E-state index contributed by atoms with van der Waals surface area (Å²) in [4.78, 5) is 41.8. The van der Waals surface area contributed by atoms with Crippen LogP contribution in [0.15, 0.2) is 28.7 Å². The predicted molar refractivity (Wildman–Crippen MR) is 134 cm³/mol. The van der Waals surface area contributed by atoms with E-state index in [0.717, 1.165) is 4.57 Å². The molecule has 3 heterocycles. The number of carbonyl (C=O) groups is 3. The van der Waals surface area contributed by atoms with Crippen molar-refractivity contribution >= 4 is 18.3 Å². The first kappa shape index (κ1) is 30.7. The Balaban J connectivity index is 1.60. The van der Waals surface area contributed by atoms with Gasteiger partial charge < -0.3 is 23.9 Å². The molecule has 0 radical (unpaired) electrons. The van der Waals surface area contributed by atoms with Gasteiger partial charge in [-0.25, -0.2) is 22.9 Å². The molecule has 2 amide bonds. The number of alkyl carbamates (subject to hydrolysis) is 1. The highest BCUT2D eigenvalue weighted by molar-refractivity contribution is 5.78. The van der Waals surface area contributed by atoms with E-state index in [0.29, 0.717) is 18.4 Å². The quantitative estimate of drug-likeness (QED) is 0.225. The number of hydrogen-bond acceptors (Lipinski definition) is 6. The zero-order valence-electron chi connectivity index (χ0n) is 22.7. The fourth-order valence-electron chi connectivity index (χ4n) is 4.51. The van der Waals surface area contributed by atoms with Crippen molar-refractivity contribution in [3.05, 3.63) is 64.6 Å². The Hall–Kier alpha value is -4.30. The van der Waals surface area contributed by atoms with Crippen LogP contribution in [0, 0.1) is 17.5 Å². The van der Waals surface area contributed by atoms with Crippen LogP contribution in [0.4, 0.5) is 31.1 Å². The summed E-state index contributed by atoms with van der Waals surface area (Å²) in [6.07, 6.45) is -6.31. The van der Waals surface area contributed by atoms with Crippen LogP contribution in [-0.4, -0.2) is 50.9 Å². The molecule has 0 aliphatic carbocycles. The van der Waals surface area contributed by atoms with Crippen LogP contribution in [0.1, 0.15) is 54.8 Å². The maximum absolute atomic E-state index is 14.4. The number of imidazole rings is 1. The lowest BCUT2D eigenvalue weighted by atomic mass is 10.0. The van der Waals surface area contributed by atoms with E-state index in [-0.39, 0.29) is 48.1 Å². The molecule has 3 aromatic rings. The van der Waals surface area contributed by atoms with E-state index in [1.165, 1.54) is 17.0 Å². The Morgan fingerprint density at radius 3 is 2.40 bits per heavy atom. The summed E-state index contributed by atoms with van der Waals surface area (Å²) in [6.45, 7) is 3.97. The lowest BCUT2D eigenvalue weighted by Crippen LogP contribution is -2.45. The van der Waals surface area contributed by atoms with Crippen LogP contribution in [0.3, 0.4) is 0 Å². The van der Waals surface area contributed by atoms with Gasteiger partial charge in [0.15, 0.2) is 29.4 Å². The van der Waals surface area contributed by atoms with Gasteiger partial charge in [-0.2, -0.15) is 13.2 Å². The number of nitrogens with one attached hydrogen (secondary N) is 1. The van der Waals surface area contributed by atoms with Crippen LogP contribution < -0.4 is 5.32 Å².